The van der Waals surface area contributed by atoms with Crippen molar-refractivity contribution in [2.75, 3.05) is 12.0 Å². The molecule has 0 amide bonds. The number of rotatable bonds is 1. The van der Waals surface area contributed by atoms with Gasteiger partial charge in [0.05, 0.1) is 0 Å². The molecule has 0 aromatic rings. The molecule has 0 saturated heterocycles. The Balaban J connectivity index is 2.50. The van der Waals surface area contributed by atoms with Crippen LogP contribution in [0.15, 0.2) is 22.5 Å². The van der Waals surface area contributed by atoms with Crippen LogP contribution in [0, 0.1) is 0 Å². The minimum Gasteiger partial charge on any atom is -0.123 e. The minimum absolute atomic E-state index is 1.15. The summed E-state index contributed by atoms with van der Waals surface area (Å²) in [6.07, 6.45) is 8.55. The van der Waals surface area contributed by atoms with Gasteiger partial charge in [-0.3, -0.25) is 0 Å². The molecule has 0 atom stereocenters. The van der Waals surface area contributed by atoms with Crippen molar-refractivity contribution < 1.29 is 0 Å². The normalized spacial score (nSPS) is 18.4. The summed E-state index contributed by atoms with van der Waals surface area (Å²) in [5.41, 5.74) is 0. The Kier molecular flexibility index (Phi) is 2.56. The van der Waals surface area contributed by atoms with Crippen LogP contribution in [-0.2, 0) is 0 Å². The van der Waals surface area contributed by atoms with E-state index in [0.717, 1.165) is 5.75 Å². The molecule has 0 unspecified atom stereocenters. The summed E-state index contributed by atoms with van der Waals surface area (Å²) < 4.78 is 1.42. The molecule has 0 N–H and O–H groups in total. The van der Waals surface area contributed by atoms with Crippen LogP contribution in [0.5, 0.6) is 0 Å². The molecule has 0 fully saturated rings. The first-order valence-corrected chi connectivity index (χ1v) is 4.68. The van der Waals surface area contributed by atoms with E-state index in [1.807, 2.05) is 23.5 Å². The molecule has 0 saturated carbocycles. The Morgan fingerprint density at radius 3 is 3.00 bits per heavy atom. The summed E-state index contributed by atoms with van der Waals surface area (Å²) in [4.78, 5) is 0. The Bertz CT molecular complexity index is 124. The van der Waals surface area contributed by atoms with E-state index in [-0.39, 0.29) is 0 Å². The molecule has 0 aliphatic carbocycles. The molecular weight excluding hydrogens is 136 g/mol. The molecule has 0 bridgehead atoms. The highest BCUT2D eigenvalue weighted by molar-refractivity contribution is 8.22. The fraction of sp³-hybridized carbons (Fsp3) is 0.333. The van der Waals surface area contributed by atoms with Crippen molar-refractivity contribution in [1.82, 2.24) is 0 Å². The number of hydrogen-bond acceptors (Lipinski definition) is 2. The van der Waals surface area contributed by atoms with Crippen LogP contribution in [-0.4, -0.2) is 12.0 Å². The third-order valence-electron chi connectivity index (χ3n) is 0.891. The highest BCUT2D eigenvalue weighted by Crippen LogP contribution is 2.28. The van der Waals surface area contributed by atoms with Gasteiger partial charge < -0.3 is 0 Å². The lowest BCUT2D eigenvalue weighted by molar-refractivity contribution is 1.73. The third-order valence-corrected chi connectivity index (χ3v) is 3.06. The van der Waals surface area contributed by atoms with Crippen molar-refractivity contribution in [3.8, 4) is 0 Å². The van der Waals surface area contributed by atoms with Crippen molar-refractivity contribution >= 4 is 23.5 Å². The minimum atomic E-state index is 1.15. The summed E-state index contributed by atoms with van der Waals surface area (Å²) in [6.45, 7) is 0. The largest absolute Gasteiger partial charge is 0.123 e. The van der Waals surface area contributed by atoms with Crippen LogP contribution in [0.3, 0.4) is 0 Å². The quantitative estimate of drug-likeness (QED) is 0.554. The molecule has 0 nitrogen and oxygen atoms in total. The van der Waals surface area contributed by atoms with Crippen LogP contribution in [0.25, 0.3) is 0 Å². The molecule has 1 aliphatic heterocycles. The van der Waals surface area contributed by atoms with Gasteiger partial charge in [0, 0.05) is 9.99 Å². The first kappa shape index (κ1) is 6.30. The first-order valence-electron chi connectivity index (χ1n) is 2.47. The molecule has 1 rings (SSSR count). The van der Waals surface area contributed by atoms with Crippen LogP contribution in [0.4, 0.5) is 0 Å². The van der Waals surface area contributed by atoms with Crippen LogP contribution in [0.1, 0.15) is 0 Å². The molecule has 1 aliphatic rings. The molecule has 0 aromatic carbocycles. The van der Waals surface area contributed by atoms with E-state index in [9.17, 15) is 0 Å². The van der Waals surface area contributed by atoms with Crippen LogP contribution in [0.2, 0.25) is 0 Å². The number of hydrogen-bond donors (Lipinski definition) is 0. The van der Waals surface area contributed by atoms with Gasteiger partial charge in [0.2, 0.25) is 0 Å². The Labute approximate surface area is 58.4 Å². The van der Waals surface area contributed by atoms with Crippen molar-refractivity contribution in [2.24, 2.45) is 0 Å². The van der Waals surface area contributed by atoms with Crippen molar-refractivity contribution in [3.63, 3.8) is 0 Å². The van der Waals surface area contributed by atoms with Gasteiger partial charge >= 0.3 is 0 Å². The van der Waals surface area contributed by atoms with Gasteiger partial charge in [0.15, 0.2) is 0 Å². The van der Waals surface area contributed by atoms with Gasteiger partial charge in [-0.05, 0) is 12.3 Å². The summed E-state index contributed by atoms with van der Waals surface area (Å²) in [5, 5.41) is 0. The number of allylic oxidation sites excluding steroid dienone is 2. The fourth-order valence-electron chi connectivity index (χ4n) is 0.507. The molecule has 0 aromatic heterocycles. The van der Waals surface area contributed by atoms with Crippen LogP contribution < -0.4 is 0 Å². The molecule has 0 radical (unpaired) electrons. The van der Waals surface area contributed by atoms with Crippen molar-refractivity contribution in [2.45, 2.75) is 0 Å². The third kappa shape index (κ3) is 1.60. The van der Waals surface area contributed by atoms with E-state index in [1.165, 1.54) is 4.24 Å². The highest BCUT2D eigenvalue weighted by atomic mass is 32.2. The fourth-order valence-corrected chi connectivity index (χ4v) is 1.94. The summed E-state index contributed by atoms with van der Waals surface area (Å²) in [6, 6.07) is 0. The zero-order chi connectivity index (χ0) is 5.82. The molecule has 44 valence electrons. The second-order valence-corrected chi connectivity index (χ2v) is 3.60. The molecule has 8 heavy (non-hydrogen) atoms. The second kappa shape index (κ2) is 3.25. The maximum absolute atomic E-state index is 2.17. The average Bonchev–Trinajstić information content (AvgIpc) is 1.90. The Hall–Kier alpha value is 0.180. The maximum Gasteiger partial charge on any atom is 0.0401 e. The van der Waals surface area contributed by atoms with Gasteiger partial charge in [0.25, 0.3) is 0 Å². The SMILES string of the molecule is CSC1=CC=CCS1. The van der Waals surface area contributed by atoms with Gasteiger partial charge in [-0.1, -0.05) is 12.2 Å². The van der Waals surface area contributed by atoms with E-state index >= 15 is 0 Å². The van der Waals surface area contributed by atoms with Gasteiger partial charge in [-0.2, -0.15) is 0 Å². The monoisotopic (exact) mass is 144 g/mol. The van der Waals surface area contributed by atoms with E-state index in [1.54, 1.807) is 0 Å². The van der Waals surface area contributed by atoms with Crippen molar-refractivity contribution in [1.29, 1.82) is 0 Å². The van der Waals surface area contributed by atoms with Gasteiger partial charge in [0.1, 0.15) is 0 Å². The first-order chi connectivity index (χ1) is 3.93. The van der Waals surface area contributed by atoms with E-state index < -0.39 is 0 Å². The molecule has 2 heteroatoms. The predicted octanol–water partition coefficient (Wildman–Crippen LogP) is 2.49. The molecule has 1 heterocycles. The predicted molar refractivity (Wildman–Crippen MR) is 43.2 cm³/mol. The topological polar surface area (TPSA) is 0 Å². The lowest BCUT2D eigenvalue weighted by atomic mass is 10.5. The van der Waals surface area contributed by atoms with E-state index in [4.69, 9.17) is 0 Å². The highest BCUT2D eigenvalue weighted by Gasteiger charge is 1.94. The molecule has 0 spiro atoms. The lowest BCUT2D eigenvalue weighted by Crippen LogP contribution is -1.76. The van der Waals surface area contributed by atoms with Gasteiger partial charge in [-0.15, -0.1) is 23.5 Å². The standard InChI is InChI=1S/C6H8S2/c1-7-6-4-2-3-5-8-6/h2-4H,5H2,1H3. The zero-order valence-electron chi connectivity index (χ0n) is 4.76. The Morgan fingerprint density at radius 2 is 2.62 bits per heavy atom. The average molecular weight is 144 g/mol. The van der Waals surface area contributed by atoms with Gasteiger partial charge in [-0.25, -0.2) is 0 Å². The van der Waals surface area contributed by atoms with Crippen molar-refractivity contribution in [3.05, 3.63) is 22.5 Å². The lowest BCUT2D eigenvalue weighted by Gasteiger charge is -2.02. The Morgan fingerprint density at radius 1 is 1.75 bits per heavy atom. The second-order valence-electron chi connectivity index (χ2n) is 1.43. The summed E-state index contributed by atoms with van der Waals surface area (Å²) >= 11 is 3.72. The molecular formula is C6H8S2. The zero-order valence-corrected chi connectivity index (χ0v) is 6.39. The van der Waals surface area contributed by atoms with E-state index in [0.29, 0.717) is 0 Å². The van der Waals surface area contributed by atoms with E-state index in [2.05, 4.69) is 24.5 Å². The summed E-state index contributed by atoms with van der Waals surface area (Å²) in [5.74, 6) is 1.15. The maximum atomic E-state index is 2.17. The number of thioether (sulfide) groups is 2. The smallest absolute Gasteiger partial charge is 0.0401 e. The summed E-state index contributed by atoms with van der Waals surface area (Å²) in [7, 11) is 0. The van der Waals surface area contributed by atoms with Crippen LogP contribution >= 0.6 is 23.5 Å².